The second-order valence-electron chi connectivity index (χ2n) is 5.24. The number of nitrogens with one attached hydrogen (secondary N) is 2. The highest BCUT2D eigenvalue weighted by Gasteiger charge is 2.22. The van der Waals surface area contributed by atoms with E-state index in [0.29, 0.717) is 5.56 Å². The molecule has 4 heteroatoms. The van der Waals surface area contributed by atoms with Crippen molar-refractivity contribution in [2.75, 3.05) is 12.4 Å². The fraction of sp³-hybridized carbons (Fsp3) is 0.538. The number of nitrogens with zero attached hydrogens (tertiary/aromatic N) is 1. The Kier molecular flexibility index (Phi) is 4.10. The van der Waals surface area contributed by atoms with E-state index in [2.05, 4.69) is 36.4 Å². The highest BCUT2D eigenvalue weighted by molar-refractivity contribution is 5.94. The number of hydrogen-bond acceptors (Lipinski definition) is 3. The van der Waals surface area contributed by atoms with E-state index in [1.54, 1.807) is 25.4 Å². The van der Waals surface area contributed by atoms with Crippen LogP contribution in [0.3, 0.4) is 0 Å². The molecule has 1 aromatic rings. The smallest absolute Gasteiger partial charge is 0.253 e. The van der Waals surface area contributed by atoms with Crippen LogP contribution in [0, 0.1) is 5.41 Å². The Hall–Kier alpha value is -1.58. The lowest BCUT2D eigenvalue weighted by Gasteiger charge is -2.28. The minimum atomic E-state index is -0.0809. The van der Waals surface area contributed by atoms with E-state index in [4.69, 9.17) is 0 Å². The third-order valence-electron chi connectivity index (χ3n) is 2.93. The van der Waals surface area contributed by atoms with Crippen molar-refractivity contribution in [1.29, 1.82) is 0 Å². The summed E-state index contributed by atoms with van der Waals surface area (Å²) < 4.78 is 0. The molecule has 1 aromatic heterocycles. The molecule has 1 amide bonds. The second-order valence-corrected chi connectivity index (χ2v) is 5.24. The third-order valence-corrected chi connectivity index (χ3v) is 2.93. The highest BCUT2D eigenvalue weighted by Crippen LogP contribution is 2.18. The summed E-state index contributed by atoms with van der Waals surface area (Å²) in [5, 5.41) is 5.89. The van der Waals surface area contributed by atoms with Crippen molar-refractivity contribution in [1.82, 2.24) is 10.3 Å². The van der Waals surface area contributed by atoms with Gasteiger partial charge in [-0.1, -0.05) is 20.8 Å². The number of anilines is 1. The highest BCUT2D eigenvalue weighted by atomic mass is 16.1. The number of pyridine rings is 1. The van der Waals surface area contributed by atoms with E-state index in [1.807, 2.05) is 6.92 Å². The molecule has 1 heterocycles. The lowest BCUT2D eigenvalue weighted by atomic mass is 9.88. The number of rotatable bonds is 3. The maximum atomic E-state index is 11.9. The zero-order valence-corrected chi connectivity index (χ0v) is 11.2. The zero-order valence-electron chi connectivity index (χ0n) is 11.2. The Labute approximate surface area is 103 Å². The quantitative estimate of drug-likeness (QED) is 0.845. The van der Waals surface area contributed by atoms with Crippen LogP contribution in [0.25, 0.3) is 0 Å². The van der Waals surface area contributed by atoms with Crippen LogP contribution < -0.4 is 10.6 Å². The number of hydrogen-bond donors (Lipinski definition) is 2. The summed E-state index contributed by atoms with van der Waals surface area (Å²) in [6.45, 7) is 8.30. The van der Waals surface area contributed by atoms with Crippen molar-refractivity contribution in [2.45, 2.75) is 33.7 Å². The maximum absolute atomic E-state index is 11.9. The van der Waals surface area contributed by atoms with E-state index in [0.717, 1.165) is 5.82 Å². The van der Waals surface area contributed by atoms with Gasteiger partial charge in [-0.25, -0.2) is 4.98 Å². The summed E-state index contributed by atoms with van der Waals surface area (Å²) in [4.78, 5) is 16.0. The Morgan fingerprint density at radius 1 is 1.35 bits per heavy atom. The molecule has 0 bridgehead atoms. The summed E-state index contributed by atoms with van der Waals surface area (Å²) in [7, 11) is 1.80. The van der Waals surface area contributed by atoms with Crippen molar-refractivity contribution in [2.24, 2.45) is 5.41 Å². The second kappa shape index (κ2) is 5.17. The molecule has 0 aliphatic carbocycles. The van der Waals surface area contributed by atoms with Gasteiger partial charge in [-0.15, -0.1) is 0 Å². The summed E-state index contributed by atoms with van der Waals surface area (Å²) in [6, 6.07) is 3.67. The molecule has 0 saturated carbocycles. The molecule has 0 aliphatic heterocycles. The van der Waals surface area contributed by atoms with Crippen LogP contribution in [0.1, 0.15) is 38.1 Å². The molecular weight excluding hydrogens is 214 g/mol. The van der Waals surface area contributed by atoms with Gasteiger partial charge in [0.05, 0.1) is 5.56 Å². The summed E-state index contributed by atoms with van der Waals surface area (Å²) in [6.07, 6.45) is 1.58. The SMILES string of the molecule is CNc1ccc(C(=O)NC(C)C(C)(C)C)cn1. The van der Waals surface area contributed by atoms with Gasteiger partial charge >= 0.3 is 0 Å². The topological polar surface area (TPSA) is 54.0 Å². The Bertz CT molecular complexity index is 379. The van der Waals surface area contributed by atoms with E-state index in [1.165, 1.54) is 0 Å². The Balaban J connectivity index is 2.70. The number of aromatic nitrogens is 1. The maximum Gasteiger partial charge on any atom is 0.253 e. The summed E-state index contributed by atoms with van der Waals surface area (Å²) in [5.41, 5.74) is 0.633. The lowest BCUT2D eigenvalue weighted by Crippen LogP contribution is -2.41. The fourth-order valence-corrected chi connectivity index (χ4v) is 1.17. The molecule has 0 saturated heterocycles. The van der Waals surface area contributed by atoms with Crippen molar-refractivity contribution < 1.29 is 4.79 Å². The van der Waals surface area contributed by atoms with Gasteiger partial charge in [0.25, 0.3) is 5.91 Å². The Morgan fingerprint density at radius 2 is 2.00 bits per heavy atom. The van der Waals surface area contributed by atoms with Crippen molar-refractivity contribution >= 4 is 11.7 Å². The predicted octanol–water partition coefficient (Wildman–Crippen LogP) is 2.29. The average Bonchev–Trinajstić information content (AvgIpc) is 2.27. The summed E-state index contributed by atoms with van der Waals surface area (Å²) in [5.74, 6) is 0.674. The molecule has 1 rings (SSSR count). The first-order valence-corrected chi connectivity index (χ1v) is 5.79. The number of carbonyl (C=O) groups excluding carboxylic acids is 1. The van der Waals surface area contributed by atoms with Crippen LogP contribution in [0.15, 0.2) is 18.3 Å². The lowest BCUT2D eigenvalue weighted by molar-refractivity contribution is 0.0910. The van der Waals surface area contributed by atoms with Gasteiger partial charge in [0.15, 0.2) is 0 Å². The molecule has 2 N–H and O–H groups in total. The van der Waals surface area contributed by atoms with Crippen LogP contribution in [-0.4, -0.2) is 24.0 Å². The van der Waals surface area contributed by atoms with Crippen LogP contribution in [-0.2, 0) is 0 Å². The minimum absolute atomic E-state index is 0.0496. The van der Waals surface area contributed by atoms with E-state index >= 15 is 0 Å². The molecule has 0 aromatic carbocycles. The van der Waals surface area contributed by atoms with E-state index in [-0.39, 0.29) is 17.4 Å². The molecule has 1 unspecified atom stereocenters. The first-order chi connectivity index (χ1) is 7.84. The van der Waals surface area contributed by atoms with Crippen LogP contribution in [0.5, 0.6) is 0 Å². The van der Waals surface area contributed by atoms with Crippen LogP contribution in [0.2, 0.25) is 0 Å². The van der Waals surface area contributed by atoms with Crippen molar-refractivity contribution in [3.8, 4) is 0 Å². The van der Waals surface area contributed by atoms with Crippen LogP contribution >= 0.6 is 0 Å². The molecule has 1 atom stereocenters. The zero-order chi connectivity index (χ0) is 13.1. The molecular formula is C13H21N3O. The van der Waals surface area contributed by atoms with E-state index < -0.39 is 0 Å². The number of amides is 1. The fourth-order valence-electron chi connectivity index (χ4n) is 1.17. The van der Waals surface area contributed by atoms with Gasteiger partial charge in [0.1, 0.15) is 5.82 Å². The molecule has 0 spiro atoms. The van der Waals surface area contributed by atoms with Gasteiger partial charge in [-0.3, -0.25) is 4.79 Å². The van der Waals surface area contributed by atoms with Gasteiger partial charge < -0.3 is 10.6 Å². The van der Waals surface area contributed by atoms with Gasteiger partial charge in [0.2, 0.25) is 0 Å². The average molecular weight is 235 g/mol. The van der Waals surface area contributed by atoms with Gasteiger partial charge in [-0.2, -0.15) is 0 Å². The molecule has 0 aliphatic rings. The normalized spacial score (nSPS) is 13.0. The number of carbonyl (C=O) groups is 1. The van der Waals surface area contributed by atoms with Gasteiger partial charge in [-0.05, 0) is 24.5 Å². The molecule has 17 heavy (non-hydrogen) atoms. The Morgan fingerprint density at radius 3 is 2.41 bits per heavy atom. The molecule has 94 valence electrons. The largest absolute Gasteiger partial charge is 0.373 e. The minimum Gasteiger partial charge on any atom is -0.373 e. The van der Waals surface area contributed by atoms with Gasteiger partial charge in [0, 0.05) is 19.3 Å². The molecule has 4 nitrogen and oxygen atoms in total. The third kappa shape index (κ3) is 3.73. The summed E-state index contributed by atoms with van der Waals surface area (Å²) >= 11 is 0. The molecule has 0 radical (unpaired) electrons. The predicted molar refractivity (Wildman–Crippen MR) is 70.2 cm³/mol. The van der Waals surface area contributed by atoms with Crippen LogP contribution in [0.4, 0.5) is 5.82 Å². The molecule has 0 fully saturated rings. The first kappa shape index (κ1) is 13.5. The standard InChI is InChI=1S/C13H21N3O/c1-9(13(2,3)4)16-12(17)10-6-7-11(14-5)15-8-10/h6-9H,1-5H3,(H,14,15)(H,16,17). The van der Waals surface area contributed by atoms with E-state index in [9.17, 15) is 4.79 Å². The first-order valence-electron chi connectivity index (χ1n) is 5.79. The van der Waals surface area contributed by atoms with Crippen molar-refractivity contribution in [3.05, 3.63) is 23.9 Å². The van der Waals surface area contributed by atoms with Crippen molar-refractivity contribution in [3.63, 3.8) is 0 Å². The monoisotopic (exact) mass is 235 g/mol.